The van der Waals surface area contributed by atoms with Crippen molar-refractivity contribution in [3.05, 3.63) is 29.7 Å². The van der Waals surface area contributed by atoms with Gasteiger partial charge in [0.1, 0.15) is 0 Å². The van der Waals surface area contributed by atoms with E-state index in [-0.39, 0.29) is 0 Å². The maximum Gasteiger partial charge on any atom is 0.290 e. The van der Waals surface area contributed by atoms with E-state index in [2.05, 4.69) is 6.20 Å². The third-order valence-corrected chi connectivity index (χ3v) is 0.744. The predicted octanol–water partition coefficient (Wildman–Crippen LogP) is -0.298. The Kier molecular flexibility index (Phi) is 1.04. The van der Waals surface area contributed by atoms with Gasteiger partial charge in [-0.15, -0.1) is 0 Å². The lowest BCUT2D eigenvalue weighted by molar-refractivity contribution is -0.609. The summed E-state index contributed by atoms with van der Waals surface area (Å²) in [4.78, 5) is 0. The van der Waals surface area contributed by atoms with Crippen LogP contribution in [-0.2, 0) is 0 Å². The Labute approximate surface area is 46.9 Å². The number of nitrogens with zero attached hydrogens (tertiary/aromatic N) is 1. The molecule has 41 valence electrons. The fourth-order valence-corrected chi connectivity index (χ4v) is 0.423. The molecule has 3 nitrogen and oxygen atoms in total. The van der Waals surface area contributed by atoms with Crippen molar-refractivity contribution in [2.45, 2.75) is 0 Å². The molecule has 3 heteroatoms. The Bertz CT molecular complexity index is 170. The lowest BCUT2D eigenvalue weighted by Crippen LogP contribution is -2.24. The van der Waals surface area contributed by atoms with E-state index in [9.17, 15) is 5.21 Å². The van der Waals surface area contributed by atoms with Gasteiger partial charge in [-0.05, 0) is 6.07 Å². The molecule has 0 saturated heterocycles. The average molecular weight is 109 g/mol. The van der Waals surface area contributed by atoms with Crippen LogP contribution in [0.25, 0.3) is 0 Å². The molecule has 0 aromatic carbocycles. The van der Waals surface area contributed by atoms with Gasteiger partial charge in [-0.2, -0.15) is 4.73 Å². The van der Waals surface area contributed by atoms with Crippen LogP contribution in [0, 0.1) is 11.4 Å². The summed E-state index contributed by atoms with van der Waals surface area (Å²) in [6.07, 6.45) is 3.60. The zero-order valence-corrected chi connectivity index (χ0v) is 4.16. The Morgan fingerprint density at radius 2 is 2.50 bits per heavy atom. The first-order valence-electron chi connectivity index (χ1n) is 2.15. The smallest absolute Gasteiger partial charge is 0.290 e. The molecule has 0 aliphatic heterocycles. The molecule has 0 fully saturated rings. The molecule has 0 amide bonds. The van der Waals surface area contributed by atoms with Gasteiger partial charge in [0.15, 0.2) is 0 Å². The van der Waals surface area contributed by atoms with E-state index >= 15 is 0 Å². The maximum atomic E-state index is 10.3. The zero-order chi connectivity index (χ0) is 5.98. The highest BCUT2D eigenvalue weighted by molar-refractivity contribution is 5.30. The predicted molar refractivity (Wildman–Crippen MR) is 28.7 cm³/mol. The van der Waals surface area contributed by atoms with Crippen LogP contribution >= 0.6 is 0 Å². The second kappa shape index (κ2) is 1.69. The van der Waals surface area contributed by atoms with Crippen LogP contribution in [0.2, 0.25) is 0 Å². The van der Waals surface area contributed by atoms with Gasteiger partial charge in [0.2, 0.25) is 6.20 Å². The van der Waals surface area contributed by atoms with Crippen LogP contribution in [0.15, 0.2) is 18.3 Å². The minimum Gasteiger partial charge on any atom is -0.618 e. The van der Waals surface area contributed by atoms with Crippen molar-refractivity contribution >= 4 is 5.69 Å². The third-order valence-electron chi connectivity index (χ3n) is 0.744. The number of pyridine rings is 1. The number of rotatable bonds is 0. The standard InChI is InChI=1S/C5H5N2O/c6-5-2-1-3-7(8)4-5/h1-2,4H,6H2. The Hall–Kier alpha value is -1.25. The molecule has 0 aliphatic rings. The van der Waals surface area contributed by atoms with Crippen molar-refractivity contribution in [1.82, 2.24) is 0 Å². The summed E-state index contributed by atoms with van der Waals surface area (Å²) in [6.45, 7) is 0. The molecule has 1 radical (unpaired) electrons. The average Bonchev–Trinajstić information content (AvgIpc) is 1.64. The van der Waals surface area contributed by atoms with Crippen molar-refractivity contribution in [2.75, 3.05) is 5.73 Å². The monoisotopic (exact) mass is 109 g/mol. The lowest BCUT2D eigenvalue weighted by Gasteiger charge is -1.91. The second-order valence-electron chi connectivity index (χ2n) is 1.42. The lowest BCUT2D eigenvalue weighted by atomic mass is 10.4. The topological polar surface area (TPSA) is 53.0 Å². The normalized spacial score (nSPS) is 9.00. The van der Waals surface area contributed by atoms with E-state index in [4.69, 9.17) is 5.73 Å². The largest absolute Gasteiger partial charge is 0.618 e. The van der Waals surface area contributed by atoms with Gasteiger partial charge < -0.3 is 10.9 Å². The fraction of sp³-hybridized carbons (Fsp3) is 0. The molecular weight excluding hydrogens is 104 g/mol. The number of nitrogens with two attached hydrogens (primary N) is 1. The molecule has 0 aliphatic carbocycles. The first-order valence-corrected chi connectivity index (χ1v) is 2.15. The molecule has 0 spiro atoms. The number of nitrogen functional groups attached to an aromatic ring is 1. The first kappa shape index (κ1) is 4.90. The van der Waals surface area contributed by atoms with Crippen molar-refractivity contribution in [1.29, 1.82) is 0 Å². The van der Waals surface area contributed by atoms with E-state index in [1.54, 1.807) is 6.07 Å². The molecule has 1 aromatic heterocycles. The van der Waals surface area contributed by atoms with Gasteiger partial charge in [0.25, 0.3) is 6.20 Å². The molecule has 1 aromatic rings. The summed E-state index contributed by atoms with van der Waals surface area (Å²) in [5.41, 5.74) is 5.67. The minimum absolute atomic E-state index is 0.457. The molecule has 1 heterocycles. The van der Waals surface area contributed by atoms with E-state index < -0.39 is 0 Å². The molecule has 0 bridgehead atoms. The van der Waals surface area contributed by atoms with Gasteiger partial charge in [0, 0.05) is 6.07 Å². The van der Waals surface area contributed by atoms with E-state index in [1.165, 1.54) is 12.3 Å². The Morgan fingerprint density at radius 3 is 2.88 bits per heavy atom. The third kappa shape index (κ3) is 0.872. The molecule has 0 unspecified atom stereocenters. The van der Waals surface area contributed by atoms with Gasteiger partial charge in [-0.25, -0.2) is 0 Å². The summed E-state index contributed by atoms with van der Waals surface area (Å²) in [5, 5.41) is 10.3. The van der Waals surface area contributed by atoms with Crippen molar-refractivity contribution in [3.63, 3.8) is 0 Å². The van der Waals surface area contributed by atoms with E-state index in [1.807, 2.05) is 0 Å². The zero-order valence-electron chi connectivity index (χ0n) is 4.16. The van der Waals surface area contributed by atoms with Crippen LogP contribution in [-0.4, -0.2) is 0 Å². The highest BCUT2D eigenvalue weighted by atomic mass is 16.5. The SMILES string of the molecule is Nc1cc[c][n+]([O-])c1. The van der Waals surface area contributed by atoms with Crippen LogP contribution in [0.1, 0.15) is 0 Å². The van der Waals surface area contributed by atoms with E-state index in [0.717, 1.165) is 0 Å². The first-order chi connectivity index (χ1) is 3.79. The second-order valence-corrected chi connectivity index (χ2v) is 1.42. The van der Waals surface area contributed by atoms with Crippen LogP contribution in [0.3, 0.4) is 0 Å². The quantitative estimate of drug-likeness (QED) is 0.367. The summed E-state index contributed by atoms with van der Waals surface area (Å²) < 4.78 is 0.537. The summed E-state index contributed by atoms with van der Waals surface area (Å²) in [7, 11) is 0. The number of hydrogen-bond acceptors (Lipinski definition) is 2. The Balaban J connectivity index is 3.08. The van der Waals surface area contributed by atoms with Crippen LogP contribution in [0.4, 0.5) is 5.69 Å². The number of anilines is 1. The van der Waals surface area contributed by atoms with Crippen LogP contribution in [0.5, 0.6) is 0 Å². The van der Waals surface area contributed by atoms with Crippen molar-refractivity contribution in [3.8, 4) is 0 Å². The molecule has 1 rings (SSSR count). The van der Waals surface area contributed by atoms with Gasteiger partial charge in [-0.3, -0.25) is 0 Å². The summed E-state index contributed by atoms with van der Waals surface area (Å²) in [5.74, 6) is 0. The summed E-state index contributed by atoms with van der Waals surface area (Å²) >= 11 is 0. The van der Waals surface area contributed by atoms with Crippen LogP contribution < -0.4 is 10.5 Å². The van der Waals surface area contributed by atoms with Gasteiger partial charge in [0.05, 0.1) is 5.69 Å². The highest BCUT2D eigenvalue weighted by Crippen LogP contribution is 1.90. The molecule has 0 saturated carbocycles. The molecule has 0 atom stereocenters. The van der Waals surface area contributed by atoms with Gasteiger partial charge in [-0.1, -0.05) is 0 Å². The van der Waals surface area contributed by atoms with Crippen molar-refractivity contribution < 1.29 is 4.73 Å². The fourth-order valence-electron chi connectivity index (χ4n) is 0.423. The Morgan fingerprint density at radius 1 is 1.75 bits per heavy atom. The summed E-state index contributed by atoms with van der Waals surface area (Å²) in [6, 6.07) is 3.08. The van der Waals surface area contributed by atoms with Gasteiger partial charge >= 0.3 is 0 Å². The molecule has 2 N–H and O–H groups in total. The molecular formula is C5H5N2O. The number of aromatic nitrogens is 1. The number of hydrogen-bond donors (Lipinski definition) is 1. The minimum atomic E-state index is 0.457. The maximum absolute atomic E-state index is 10.3. The van der Waals surface area contributed by atoms with E-state index in [0.29, 0.717) is 10.4 Å². The van der Waals surface area contributed by atoms with Crippen molar-refractivity contribution in [2.24, 2.45) is 0 Å². The molecule has 8 heavy (non-hydrogen) atoms. The highest BCUT2D eigenvalue weighted by Gasteiger charge is 1.87.